The van der Waals surface area contributed by atoms with Crippen LogP contribution in [-0.2, 0) is 91.6 Å². The average molecular weight is 1580 g/mol. The van der Waals surface area contributed by atoms with Gasteiger partial charge in [0.05, 0.1) is 36.6 Å². The topological polar surface area (TPSA) is 414 Å². The average Bonchev–Trinajstić information content (AvgIpc) is 1.66. The van der Waals surface area contributed by atoms with Crippen LogP contribution in [0.3, 0.4) is 0 Å². The summed E-state index contributed by atoms with van der Waals surface area (Å²) in [7, 11) is 4.50. The second kappa shape index (κ2) is 36.3. The van der Waals surface area contributed by atoms with Crippen molar-refractivity contribution in [3.05, 3.63) is 179 Å². The van der Waals surface area contributed by atoms with Crippen LogP contribution in [0.4, 0.5) is 0 Å². The zero-order chi connectivity index (χ0) is 82.7. The summed E-state index contributed by atoms with van der Waals surface area (Å²) in [6, 6.07) is 25.7. The van der Waals surface area contributed by atoms with Crippen molar-refractivity contribution >= 4 is 86.6 Å². The zero-order valence-corrected chi connectivity index (χ0v) is 66.3. The van der Waals surface area contributed by atoms with Crippen LogP contribution in [0.25, 0.3) is 21.5 Å². The summed E-state index contributed by atoms with van der Waals surface area (Å²) in [5, 5.41) is 64.9. The number of likely N-dealkylation sites (tertiary alicyclic amines) is 2. The number of likely N-dealkylation sites (N-methyl/N-ethyl adjacent to an activating group) is 3. The molecule has 0 spiro atoms. The molecule has 0 saturated carbocycles. The number of benzene rings is 6. The lowest BCUT2D eigenvalue weighted by molar-refractivity contribution is -0.145. The van der Waals surface area contributed by atoms with Gasteiger partial charge in [-0.3, -0.25) is 47.9 Å². The van der Waals surface area contributed by atoms with Crippen LogP contribution < -0.4 is 52.0 Å². The Morgan fingerprint density at radius 2 is 0.922 bits per heavy atom. The molecule has 115 heavy (non-hydrogen) atoms. The minimum atomic E-state index is -1.53. The number of carboxylic acid groups (broad SMARTS) is 2. The number of hydrogen-bond acceptors (Lipinski definition) is 19. The predicted octanol–water partition coefficient (Wildman–Crippen LogP) is 3.75. The lowest BCUT2D eigenvalue weighted by Gasteiger charge is -2.36. The quantitative estimate of drug-likeness (QED) is 0.0658. The molecule has 8 aromatic rings. The fourth-order valence-electron chi connectivity index (χ4n) is 14.4. The number of ether oxygens (including phenoxy) is 2. The van der Waals surface area contributed by atoms with Crippen molar-refractivity contribution in [3.8, 4) is 11.5 Å². The molecular formula is C83H101N17O15. The number of aromatic nitrogens is 6. The van der Waals surface area contributed by atoms with Crippen molar-refractivity contribution in [1.82, 2.24) is 87.2 Å². The molecule has 32 heteroatoms. The Hall–Kier alpha value is -12.2. The Kier molecular flexibility index (Phi) is 26.4. The Bertz CT molecular complexity index is 4900. The lowest BCUT2D eigenvalue weighted by Crippen LogP contribution is -2.61. The smallest absolute Gasteiger partial charge is 0.326 e. The maximum absolute atomic E-state index is 15.5. The van der Waals surface area contributed by atoms with Gasteiger partial charge in [0, 0.05) is 58.7 Å². The number of rotatable bonds is 16. The van der Waals surface area contributed by atoms with E-state index < -0.39 is 155 Å². The summed E-state index contributed by atoms with van der Waals surface area (Å²) in [5.41, 5.74) is 1.06. The first-order valence-electron chi connectivity index (χ1n) is 38.4. The number of nitrogens with one attached hydrogen (secondary N) is 8. The predicted molar refractivity (Wildman–Crippen MR) is 423 cm³/mol. The number of nitrogens with zero attached hydrogens (tertiary/aromatic N) is 9. The third-order valence-corrected chi connectivity index (χ3v) is 21.3. The maximum Gasteiger partial charge on any atom is 0.326 e. The third-order valence-electron chi connectivity index (χ3n) is 21.3. The highest BCUT2D eigenvalue weighted by Gasteiger charge is 2.49. The Morgan fingerprint density at radius 1 is 0.530 bits per heavy atom. The van der Waals surface area contributed by atoms with Crippen LogP contribution in [0, 0.1) is 10.8 Å². The van der Waals surface area contributed by atoms with Crippen LogP contribution in [0.1, 0.15) is 114 Å². The van der Waals surface area contributed by atoms with E-state index in [4.69, 9.17) is 9.47 Å². The molecule has 2 fully saturated rings. The first kappa shape index (κ1) is 83.7. The lowest BCUT2D eigenvalue weighted by atomic mass is 9.85. The number of fused-ring (bicyclic) bond motifs is 2. The second-order valence-electron chi connectivity index (χ2n) is 32.0. The molecule has 608 valence electrons. The second-order valence-corrected chi connectivity index (χ2v) is 32.0. The van der Waals surface area contributed by atoms with Crippen molar-refractivity contribution in [2.45, 2.75) is 180 Å². The molecule has 0 aliphatic carbocycles. The summed E-state index contributed by atoms with van der Waals surface area (Å²) in [4.78, 5) is 163. The minimum Gasteiger partial charge on any atom is -0.487 e. The number of carbonyl (C=O) groups is 11. The van der Waals surface area contributed by atoms with Crippen LogP contribution in [0.5, 0.6) is 11.5 Å². The summed E-state index contributed by atoms with van der Waals surface area (Å²) in [6.45, 7) is 12.7. The molecule has 6 aliphatic heterocycles. The van der Waals surface area contributed by atoms with Crippen LogP contribution in [0.15, 0.2) is 146 Å². The van der Waals surface area contributed by atoms with Gasteiger partial charge in [0.1, 0.15) is 91.0 Å². The molecule has 10 N–H and O–H groups in total. The van der Waals surface area contributed by atoms with Gasteiger partial charge in [0.25, 0.3) is 0 Å². The van der Waals surface area contributed by atoms with Gasteiger partial charge >= 0.3 is 11.9 Å². The Labute approximate surface area is 665 Å². The van der Waals surface area contributed by atoms with Gasteiger partial charge in [-0.1, -0.05) is 161 Å². The van der Waals surface area contributed by atoms with Gasteiger partial charge in [-0.15, -0.1) is 10.2 Å². The highest BCUT2D eigenvalue weighted by molar-refractivity contribution is 5.99. The molecule has 0 radical (unpaired) electrons. The van der Waals surface area contributed by atoms with Crippen molar-refractivity contribution in [3.63, 3.8) is 0 Å². The molecule has 32 nitrogen and oxygen atoms in total. The van der Waals surface area contributed by atoms with Gasteiger partial charge < -0.3 is 76.9 Å². The Balaban J connectivity index is 0.945. The molecule has 2 aromatic heterocycles. The molecule has 2 saturated heterocycles. The van der Waals surface area contributed by atoms with Gasteiger partial charge in [-0.25, -0.2) is 14.2 Å². The standard InChI is InChI=1S/C83H101N17O15/c1-47(84-9)72(103)90-70(82(3,4)5)79(110)97-42-59-38-67(97)76(107)86-63(36-51-20-26-53-16-12-14-18-55(53)32-51)74(105)88-65(78(109)96(11)44-69(101)102)34-49-22-28-61(29-23-49)114-45-57-40-100(94-92-57)60-39-68(98(43-60)80(111)71(83(6,7)8)91-73(104)48(2)85-10)77(108)87-64(37-52-21-27-54-17-13-15-19-56(54)33-52)75(106)89-66(81(112)113)35-50-24-30-62(31-25-50)115-46-58-41-99(59)95-93-58/h12-33,40-41,47-48,59-60,63-68,70-71,84-85H,34-39,42-46H2,1-11H3,(H,86,107)(H,87,108)(H,88,105)(H,89,106)(H,90,103)(H,91,104)(H,101,102)(H,112,113)/t47-,48-,59-,60-,63-,64-,65-,66-,67-,68-,70+,71+/m0/s1. The monoisotopic (exact) mass is 1580 g/mol. The van der Waals surface area contributed by atoms with Crippen LogP contribution >= 0.6 is 0 Å². The molecule has 9 amide bonds. The molecule has 6 aromatic carbocycles. The fraction of sp³-hybridized carbons (Fsp3) is 0.434. The van der Waals surface area contributed by atoms with Gasteiger partial charge in [-0.05, 0) is 107 Å². The Morgan fingerprint density at radius 3 is 1.30 bits per heavy atom. The largest absolute Gasteiger partial charge is 0.487 e. The molecule has 6 aliphatic rings. The molecule has 12 atom stereocenters. The van der Waals surface area contributed by atoms with Gasteiger partial charge in [0.15, 0.2) is 0 Å². The van der Waals surface area contributed by atoms with Gasteiger partial charge in [-0.2, -0.15) is 0 Å². The molecule has 8 heterocycles. The van der Waals surface area contributed by atoms with E-state index in [1.807, 2.05) is 84.9 Å². The number of carboxylic acids is 2. The number of amides is 9. The minimum absolute atomic E-state index is 0.0571. The van der Waals surface area contributed by atoms with E-state index in [2.05, 4.69) is 63.2 Å². The first-order valence-corrected chi connectivity index (χ1v) is 38.4. The molecule has 12 bridgehead atoms. The van der Waals surface area contributed by atoms with E-state index in [9.17, 15) is 39.0 Å². The van der Waals surface area contributed by atoms with E-state index >= 15 is 24.0 Å². The van der Waals surface area contributed by atoms with E-state index in [-0.39, 0.29) is 64.8 Å². The van der Waals surface area contributed by atoms with E-state index in [0.29, 0.717) is 45.1 Å². The normalized spacial score (nSPS) is 21.2. The third kappa shape index (κ3) is 21.0. The van der Waals surface area contributed by atoms with Crippen LogP contribution in [0.2, 0.25) is 0 Å². The van der Waals surface area contributed by atoms with E-state index in [1.165, 1.54) is 26.2 Å². The van der Waals surface area contributed by atoms with Crippen molar-refractivity contribution in [2.24, 2.45) is 10.8 Å². The summed E-state index contributed by atoms with van der Waals surface area (Å²) < 4.78 is 15.4. The number of carbonyl (C=O) groups excluding carboxylic acids is 9. The van der Waals surface area contributed by atoms with Crippen molar-refractivity contribution in [1.29, 1.82) is 0 Å². The summed E-state index contributed by atoms with van der Waals surface area (Å²) >= 11 is 0. The number of aliphatic carboxylic acids is 2. The van der Waals surface area contributed by atoms with Gasteiger partial charge in [0.2, 0.25) is 53.2 Å². The van der Waals surface area contributed by atoms with Crippen LogP contribution in [-0.4, -0.2) is 221 Å². The first-order chi connectivity index (χ1) is 54.7. The van der Waals surface area contributed by atoms with E-state index in [1.54, 1.807) is 130 Å². The highest BCUT2D eigenvalue weighted by Crippen LogP contribution is 2.35. The fourth-order valence-corrected chi connectivity index (χ4v) is 14.4. The van der Waals surface area contributed by atoms with Crippen molar-refractivity contribution < 1.29 is 72.4 Å². The highest BCUT2D eigenvalue weighted by atomic mass is 16.5. The molecular weight excluding hydrogens is 1480 g/mol. The summed E-state index contributed by atoms with van der Waals surface area (Å²) in [5.74, 6) is -8.07. The SMILES string of the molecule is CN[C@@H](C)C(=O)N[C@H](C(=O)N1C[C@@H]2C[C@H]1C(=O)N[C@@H](Cc1ccc3ccccc3c1)C(=O)N[C@H](C(=O)O)Cc1ccc(cc1)OCc1cn(nn1)[C@H]1C[C@@H](C(=O)N[C@@H](Cc3ccc4ccccc4c3)C(=O)N[C@H](C(=O)N(C)CC(=O)O)Cc3ccc(cc3)OCc3cn2nn3)N(C(=O)[C@@H](NC(=O)[C@H](C)NC)C(C)(C)C)C1)C(C)(C)C. The van der Waals surface area contributed by atoms with Crippen molar-refractivity contribution in [2.75, 3.05) is 40.8 Å². The summed E-state index contributed by atoms with van der Waals surface area (Å²) in [6.07, 6.45) is 2.45. The van der Waals surface area contributed by atoms with E-state index in [0.717, 1.165) is 26.4 Å². The number of hydrogen-bond donors (Lipinski definition) is 10. The molecule has 0 unspecified atom stereocenters. The zero-order valence-electron chi connectivity index (χ0n) is 66.3. The maximum atomic E-state index is 15.5. The molecule has 14 rings (SSSR count).